The van der Waals surface area contributed by atoms with Crippen LogP contribution in [0.1, 0.15) is 19.4 Å². The van der Waals surface area contributed by atoms with Crippen molar-refractivity contribution >= 4 is 45.0 Å². The highest BCUT2D eigenvalue weighted by molar-refractivity contribution is 7.89. The molecule has 0 heterocycles. The van der Waals surface area contributed by atoms with Gasteiger partial charge >= 0.3 is 0 Å². The van der Waals surface area contributed by atoms with Gasteiger partial charge in [-0.25, -0.2) is 8.42 Å². The number of anilines is 1. The van der Waals surface area contributed by atoms with Crippen molar-refractivity contribution in [2.45, 2.75) is 18.7 Å². The van der Waals surface area contributed by atoms with Crippen molar-refractivity contribution in [1.29, 1.82) is 0 Å². The first-order valence-electron chi connectivity index (χ1n) is 8.82. The van der Waals surface area contributed by atoms with E-state index in [1.54, 1.807) is 32.1 Å². The summed E-state index contributed by atoms with van der Waals surface area (Å²) in [5, 5.41) is 5.54. The molecule has 1 amide bonds. The van der Waals surface area contributed by atoms with E-state index in [1.165, 1.54) is 22.5 Å². The third-order valence-electron chi connectivity index (χ3n) is 3.92. The lowest BCUT2D eigenvalue weighted by atomic mass is 10.2. The van der Waals surface area contributed by atoms with Gasteiger partial charge in [-0.3, -0.25) is 10.1 Å². The number of hydrogen-bond donors (Lipinski definition) is 2. The van der Waals surface area contributed by atoms with Crippen LogP contribution < -0.4 is 10.6 Å². The second-order valence-corrected chi connectivity index (χ2v) is 8.15. The van der Waals surface area contributed by atoms with Crippen LogP contribution in [0.3, 0.4) is 0 Å². The summed E-state index contributed by atoms with van der Waals surface area (Å²) in [6, 6.07) is 15.7. The molecule has 0 saturated heterocycles. The van der Waals surface area contributed by atoms with Crippen LogP contribution in [0.5, 0.6) is 0 Å². The van der Waals surface area contributed by atoms with E-state index in [4.69, 9.17) is 12.2 Å². The van der Waals surface area contributed by atoms with E-state index < -0.39 is 10.0 Å². The van der Waals surface area contributed by atoms with Crippen LogP contribution in [0.4, 0.5) is 5.69 Å². The molecule has 2 aromatic rings. The zero-order chi connectivity index (χ0) is 20.6. The molecular weight excluding hydrogens is 394 g/mol. The molecule has 0 radical (unpaired) electrons. The van der Waals surface area contributed by atoms with Gasteiger partial charge in [0.15, 0.2) is 5.11 Å². The number of nitrogens with zero attached hydrogens (tertiary/aromatic N) is 1. The van der Waals surface area contributed by atoms with Crippen molar-refractivity contribution in [3.05, 3.63) is 66.2 Å². The molecule has 0 atom stereocenters. The molecule has 0 spiro atoms. The van der Waals surface area contributed by atoms with Gasteiger partial charge in [-0.05, 0) is 48.1 Å². The molecule has 6 nitrogen and oxygen atoms in total. The summed E-state index contributed by atoms with van der Waals surface area (Å²) in [6.45, 7) is 4.41. The van der Waals surface area contributed by atoms with E-state index in [0.717, 1.165) is 5.56 Å². The molecule has 0 unspecified atom stereocenters. The van der Waals surface area contributed by atoms with Crippen molar-refractivity contribution in [3.63, 3.8) is 0 Å². The minimum atomic E-state index is -3.51. The third kappa shape index (κ3) is 5.98. The summed E-state index contributed by atoms with van der Waals surface area (Å²) in [5.74, 6) is -0.359. The van der Waals surface area contributed by atoms with E-state index in [9.17, 15) is 13.2 Å². The Morgan fingerprint density at radius 3 is 2.21 bits per heavy atom. The van der Waals surface area contributed by atoms with Crippen LogP contribution in [0.25, 0.3) is 6.08 Å². The maximum absolute atomic E-state index is 12.5. The number of benzene rings is 2. The minimum absolute atomic E-state index is 0.127. The number of carbonyl (C=O) groups is 1. The van der Waals surface area contributed by atoms with Gasteiger partial charge < -0.3 is 5.32 Å². The maximum atomic E-state index is 12.5. The van der Waals surface area contributed by atoms with Crippen LogP contribution in [-0.4, -0.2) is 36.8 Å². The van der Waals surface area contributed by atoms with E-state index in [1.807, 2.05) is 30.3 Å². The zero-order valence-electron chi connectivity index (χ0n) is 15.8. The summed E-state index contributed by atoms with van der Waals surface area (Å²) < 4.78 is 26.3. The Hall–Kier alpha value is -2.55. The second-order valence-electron chi connectivity index (χ2n) is 5.80. The van der Waals surface area contributed by atoms with Gasteiger partial charge in [0.05, 0.1) is 4.90 Å². The van der Waals surface area contributed by atoms with E-state index in [0.29, 0.717) is 18.8 Å². The highest BCUT2D eigenvalue weighted by atomic mass is 32.2. The minimum Gasteiger partial charge on any atom is -0.332 e. The SMILES string of the molecule is CCN(CC)S(=O)(=O)c1ccc(NC(=S)NC(=O)C=Cc2ccccc2)cc1. The lowest BCUT2D eigenvalue weighted by Gasteiger charge is -2.18. The fraction of sp³-hybridized carbons (Fsp3) is 0.200. The van der Waals surface area contributed by atoms with Crippen molar-refractivity contribution in [2.75, 3.05) is 18.4 Å². The molecule has 2 rings (SSSR count). The Kier molecular flexibility index (Phi) is 7.86. The Morgan fingerprint density at radius 2 is 1.64 bits per heavy atom. The van der Waals surface area contributed by atoms with Crippen LogP contribution in [-0.2, 0) is 14.8 Å². The van der Waals surface area contributed by atoms with Crippen LogP contribution in [0.15, 0.2) is 65.6 Å². The lowest BCUT2D eigenvalue weighted by molar-refractivity contribution is -0.115. The topological polar surface area (TPSA) is 78.5 Å². The molecule has 0 aliphatic carbocycles. The number of amides is 1. The first kappa shape index (κ1) is 21.7. The molecule has 2 N–H and O–H groups in total. The summed E-state index contributed by atoms with van der Waals surface area (Å²) in [7, 11) is -3.51. The Labute approximate surface area is 171 Å². The third-order valence-corrected chi connectivity index (χ3v) is 6.19. The summed E-state index contributed by atoms with van der Waals surface area (Å²) in [4.78, 5) is 12.1. The predicted octanol–water partition coefficient (Wildman–Crippen LogP) is 3.24. The van der Waals surface area contributed by atoms with E-state index in [-0.39, 0.29) is 15.9 Å². The molecule has 0 saturated carbocycles. The lowest BCUT2D eigenvalue weighted by Crippen LogP contribution is -2.33. The number of thiocarbonyl (C=S) groups is 1. The second kappa shape index (κ2) is 10.1. The Balaban J connectivity index is 1.95. The molecule has 8 heteroatoms. The van der Waals surface area contributed by atoms with Crippen molar-refractivity contribution in [2.24, 2.45) is 0 Å². The highest BCUT2D eigenvalue weighted by Crippen LogP contribution is 2.18. The Bertz CT molecular complexity index is 936. The highest BCUT2D eigenvalue weighted by Gasteiger charge is 2.21. The average molecular weight is 418 g/mol. The van der Waals surface area contributed by atoms with Gasteiger partial charge in [0.1, 0.15) is 0 Å². The molecule has 0 fully saturated rings. The predicted molar refractivity (Wildman–Crippen MR) is 116 cm³/mol. The Morgan fingerprint density at radius 1 is 1.04 bits per heavy atom. The number of carbonyl (C=O) groups excluding carboxylic acids is 1. The maximum Gasteiger partial charge on any atom is 0.250 e. The molecule has 0 aromatic heterocycles. The van der Waals surface area contributed by atoms with Crippen molar-refractivity contribution < 1.29 is 13.2 Å². The van der Waals surface area contributed by atoms with Gasteiger partial charge in [0.25, 0.3) is 0 Å². The van der Waals surface area contributed by atoms with Gasteiger partial charge in [-0.15, -0.1) is 0 Å². The fourth-order valence-electron chi connectivity index (χ4n) is 2.47. The zero-order valence-corrected chi connectivity index (χ0v) is 17.4. The molecule has 0 bridgehead atoms. The molecule has 28 heavy (non-hydrogen) atoms. The number of nitrogens with one attached hydrogen (secondary N) is 2. The monoisotopic (exact) mass is 417 g/mol. The van der Waals surface area contributed by atoms with E-state index >= 15 is 0 Å². The molecule has 2 aromatic carbocycles. The largest absolute Gasteiger partial charge is 0.332 e. The number of hydrogen-bond acceptors (Lipinski definition) is 4. The van der Waals surface area contributed by atoms with Crippen LogP contribution >= 0.6 is 12.2 Å². The molecule has 148 valence electrons. The summed E-state index contributed by atoms with van der Waals surface area (Å²) >= 11 is 5.13. The summed E-state index contributed by atoms with van der Waals surface area (Å²) in [5.41, 5.74) is 1.48. The molecular formula is C20H23N3O3S2. The number of sulfonamides is 1. The van der Waals surface area contributed by atoms with Gasteiger partial charge in [0.2, 0.25) is 15.9 Å². The standard InChI is InChI=1S/C20H23N3O3S2/c1-3-23(4-2)28(25,26)18-13-11-17(12-14-18)21-20(27)22-19(24)15-10-16-8-6-5-7-9-16/h5-15H,3-4H2,1-2H3,(H2,21,22,24,27). The summed E-state index contributed by atoms with van der Waals surface area (Å²) in [6.07, 6.45) is 3.08. The first-order valence-corrected chi connectivity index (χ1v) is 10.7. The fourth-order valence-corrected chi connectivity index (χ4v) is 4.15. The molecule has 0 aliphatic heterocycles. The number of rotatable bonds is 7. The van der Waals surface area contributed by atoms with Crippen molar-refractivity contribution in [1.82, 2.24) is 9.62 Å². The van der Waals surface area contributed by atoms with Crippen molar-refractivity contribution in [3.8, 4) is 0 Å². The smallest absolute Gasteiger partial charge is 0.250 e. The van der Waals surface area contributed by atoms with Crippen LogP contribution in [0, 0.1) is 0 Å². The van der Waals surface area contributed by atoms with Gasteiger partial charge in [-0.2, -0.15) is 4.31 Å². The quantitative estimate of drug-likeness (QED) is 0.534. The van der Waals surface area contributed by atoms with Gasteiger partial charge in [-0.1, -0.05) is 44.2 Å². The van der Waals surface area contributed by atoms with E-state index in [2.05, 4.69) is 10.6 Å². The molecule has 0 aliphatic rings. The average Bonchev–Trinajstić information content (AvgIpc) is 2.68. The first-order chi connectivity index (χ1) is 13.4. The normalized spacial score (nSPS) is 11.5. The van der Waals surface area contributed by atoms with Gasteiger partial charge in [0, 0.05) is 24.9 Å². The van der Waals surface area contributed by atoms with Crippen LogP contribution in [0.2, 0.25) is 0 Å².